The molecule has 0 saturated carbocycles. The Morgan fingerprint density at radius 3 is 2.95 bits per heavy atom. The van der Waals surface area contributed by atoms with Gasteiger partial charge in [-0.3, -0.25) is 4.79 Å². The Labute approximate surface area is 130 Å². The molecule has 2 aromatic carbocycles. The first-order valence-electron chi connectivity index (χ1n) is 6.78. The molecule has 0 fully saturated rings. The molecule has 0 bridgehead atoms. The highest BCUT2D eigenvalue weighted by molar-refractivity contribution is 7.13. The number of nitrogens with two attached hydrogens (primary N) is 1. The Balaban J connectivity index is 1.76. The van der Waals surface area contributed by atoms with Gasteiger partial charge in [-0.15, -0.1) is 0 Å². The molecule has 3 N–H and O–H groups in total. The quantitative estimate of drug-likeness (QED) is 0.778. The Kier molecular flexibility index (Phi) is 4.13. The molecule has 0 aliphatic rings. The van der Waals surface area contributed by atoms with Crippen molar-refractivity contribution in [3.8, 4) is 0 Å². The van der Waals surface area contributed by atoms with Crippen LogP contribution in [0, 0.1) is 5.82 Å². The monoisotopic (exact) mass is 315 g/mol. The van der Waals surface area contributed by atoms with Gasteiger partial charge in [0.2, 0.25) is 0 Å². The summed E-state index contributed by atoms with van der Waals surface area (Å²) < 4.78 is 18.8. The van der Waals surface area contributed by atoms with E-state index in [2.05, 4.69) is 9.69 Å². The number of nitrogens with one attached hydrogen (secondary N) is 1. The topological polar surface area (TPSA) is 68.0 Å². The van der Waals surface area contributed by atoms with Gasteiger partial charge in [0.15, 0.2) is 0 Å². The highest BCUT2D eigenvalue weighted by Gasteiger charge is 2.12. The van der Waals surface area contributed by atoms with Crippen LogP contribution < -0.4 is 11.1 Å². The average molecular weight is 315 g/mol. The number of fused-ring (bicyclic) bond motifs is 1. The van der Waals surface area contributed by atoms with Crippen molar-refractivity contribution in [1.82, 2.24) is 9.69 Å². The van der Waals surface area contributed by atoms with E-state index in [1.54, 1.807) is 24.4 Å². The number of carbonyl (C=O) groups is 1. The summed E-state index contributed by atoms with van der Waals surface area (Å²) in [5.41, 5.74) is 7.18. The van der Waals surface area contributed by atoms with Crippen LogP contribution in [-0.2, 0) is 13.1 Å². The number of rotatable bonds is 4. The van der Waals surface area contributed by atoms with Crippen molar-refractivity contribution in [2.24, 2.45) is 5.73 Å². The number of hydrogen-bond acceptors (Lipinski definition) is 4. The van der Waals surface area contributed by atoms with E-state index >= 15 is 0 Å². The standard InChI is InChI=1S/C16H14FN3OS/c17-14-6-10(7-18)4-5-11(14)8-19-16(21)13-3-1-2-12-9-20-22-15(12)13/h1-6,9H,7-8,18H2,(H,19,21). The van der Waals surface area contributed by atoms with Gasteiger partial charge in [-0.1, -0.05) is 24.3 Å². The maximum Gasteiger partial charge on any atom is 0.253 e. The molecule has 3 aromatic rings. The van der Waals surface area contributed by atoms with Gasteiger partial charge in [-0.25, -0.2) is 4.39 Å². The lowest BCUT2D eigenvalue weighted by Gasteiger charge is -2.08. The first-order valence-corrected chi connectivity index (χ1v) is 7.55. The number of hydrogen-bond donors (Lipinski definition) is 2. The lowest BCUT2D eigenvalue weighted by molar-refractivity contribution is 0.0952. The van der Waals surface area contributed by atoms with Crippen molar-refractivity contribution in [1.29, 1.82) is 0 Å². The van der Waals surface area contributed by atoms with Gasteiger partial charge >= 0.3 is 0 Å². The number of carbonyl (C=O) groups excluding carboxylic acids is 1. The van der Waals surface area contributed by atoms with Gasteiger partial charge in [-0.2, -0.15) is 4.37 Å². The maximum absolute atomic E-state index is 13.9. The third kappa shape index (κ3) is 2.84. The van der Waals surface area contributed by atoms with Crippen LogP contribution in [0.2, 0.25) is 0 Å². The Hall–Kier alpha value is -2.31. The van der Waals surface area contributed by atoms with Crippen LogP contribution in [0.25, 0.3) is 10.1 Å². The molecular weight excluding hydrogens is 301 g/mol. The van der Waals surface area contributed by atoms with E-state index in [1.807, 2.05) is 12.1 Å². The predicted molar refractivity (Wildman–Crippen MR) is 85.1 cm³/mol. The van der Waals surface area contributed by atoms with E-state index in [1.165, 1.54) is 17.6 Å². The third-order valence-corrected chi connectivity index (χ3v) is 4.27. The fourth-order valence-electron chi connectivity index (χ4n) is 2.20. The average Bonchev–Trinajstić information content (AvgIpc) is 3.01. The van der Waals surface area contributed by atoms with Crippen LogP contribution >= 0.6 is 11.5 Å². The Morgan fingerprint density at radius 2 is 2.18 bits per heavy atom. The fraction of sp³-hybridized carbons (Fsp3) is 0.125. The largest absolute Gasteiger partial charge is 0.348 e. The third-order valence-electron chi connectivity index (χ3n) is 3.42. The second kappa shape index (κ2) is 6.21. The second-order valence-electron chi connectivity index (χ2n) is 4.86. The summed E-state index contributed by atoms with van der Waals surface area (Å²) in [6, 6.07) is 10.2. The van der Waals surface area contributed by atoms with E-state index in [-0.39, 0.29) is 24.8 Å². The minimum absolute atomic E-state index is 0.130. The first kappa shape index (κ1) is 14.6. The molecule has 1 heterocycles. The Bertz CT molecular complexity index is 831. The fourth-order valence-corrected chi connectivity index (χ4v) is 2.96. The highest BCUT2D eigenvalue weighted by atomic mass is 32.1. The summed E-state index contributed by atoms with van der Waals surface area (Å²) in [4.78, 5) is 12.3. The molecule has 4 nitrogen and oxygen atoms in total. The molecule has 0 saturated heterocycles. The van der Waals surface area contributed by atoms with Gasteiger partial charge in [0.25, 0.3) is 5.91 Å². The number of benzene rings is 2. The van der Waals surface area contributed by atoms with Crippen molar-refractivity contribution in [3.63, 3.8) is 0 Å². The van der Waals surface area contributed by atoms with Crippen molar-refractivity contribution in [3.05, 3.63) is 65.1 Å². The first-order chi connectivity index (χ1) is 10.7. The summed E-state index contributed by atoms with van der Waals surface area (Å²) in [5, 5.41) is 3.67. The van der Waals surface area contributed by atoms with Crippen molar-refractivity contribution < 1.29 is 9.18 Å². The van der Waals surface area contributed by atoms with Crippen LogP contribution in [0.15, 0.2) is 42.6 Å². The molecule has 112 valence electrons. The normalized spacial score (nSPS) is 10.8. The molecule has 0 radical (unpaired) electrons. The molecule has 1 amide bonds. The molecule has 1 aromatic heterocycles. The number of amides is 1. The van der Waals surface area contributed by atoms with Crippen LogP contribution in [0.3, 0.4) is 0 Å². The van der Waals surface area contributed by atoms with Gasteiger partial charge in [0, 0.05) is 30.2 Å². The van der Waals surface area contributed by atoms with Crippen LogP contribution in [-0.4, -0.2) is 10.3 Å². The van der Waals surface area contributed by atoms with E-state index in [9.17, 15) is 9.18 Å². The number of halogens is 1. The van der Waals surface area contributed by atoms with Crippen LogP contribution in [0.1, 0.15) is 21.5 Å². The van der Waals surface area contributed by atoms with E-state index in [0.717, 1.165) is 15.6 Å². The van der Waals surface area contributed by atoms with Crippen molar-refractivity contribution in [2.45, 2.75) is 13.1 Å². The zero-order valence-corrected chi connectivity index (χ0v) is 12.5. The summed E-state index contributed by atoms with van der Waals surface area (Å²) in [6.45, 7) is 0.418. The lowest BCUT2D eigenvalue weighted by Crippen LogP contribution is -2.23. The van der Waals surface area contributed by atoms with E-state index in [4.69, 9.17) is 5.73 Å². The van der Waals surface area contributed by atoms with Gasteiger partial charge in [0.1, 0.15) is 5.82 Å². The predicted octanol–water partition coefficient (Wildman–Crippen LogP) is 2.82. The molecule has 0 spiro atoms. The smallest absolute Gasteiger partial charge is 0.253 e. The minimum Gasteiger partial charge on any atom is -0.348 e. The molecule has 3 rings (SSSR count). The van der Waals surface area contributed by atoms with Gasteiger partial charge in [-0.05, 0) is 29.2 Å². The second-order valence-corrected chi connectivity index (χ2v) is 5.66. The Morgan fingerprint density at radius 1 is 1.32 bits per heavy atom. The molecular formula is C16H14FN3OS. The molecule has 0 unspecified atom stereocenters. The molecule has 0 atom stereocenters. The van der Waals surface area contributed by atoms with Crippen LogP contribution in [0.5, 0.6) is 0 Å². The van der Waals surface area contributed by atoms with Crippen molar-refractivity contribution in [2.75, 3.05) is 0 Å². The summed E-state index contributed by atoms with van der Waals surface area (Å²) in [5.74, 6) is -0.601. The molecule has 0 aliphatic heterocycles. The van der Waals surface area contributed by atoms with Crippen LogP contribution in [0.4, 0.5) is 4.39 Å². The SMILES string of the molecule is NCc1ccc(CNC(=O)c2cccc3cnsc23)c(F)c1. The van der Waals surface area contributed by atoms with Gasteiger partial charge in [0.05, 0.1) is 10.3 Å². The number of aromatic nitrogens is 1. The van der Waals surface area contributed by atoms with E-state index in [0.29, 0.717) is 11.1 Å². The summed E-state index contributed by atoms with van der Waals surface area (Å²) in [6.07, 6.45) is 1.72. The maximum atomic E-state index is 13.9. The zero-order valence-electron chi connectivity index (χ0n) is 11.7. The molecule has 6 heteroatoms. The zero-order chi connectivity index (χ0) is 15.5. The summed E-state index contributed by atoms with van der Waals surface area (Å²) >= 11 is 1.27. The van der Waals surface area contributed by atoms with Gasteiger partial charge < -0.3 is 11.1 Å². The lowest BCUT2D eigenvalue weighted by atomic mass is 10.1. The minimum atomic E-state index is -0.362. The molecule has 0 aliphatic carbocycles. The van der Waals surface area contributed by atoms with E-state index < -0.39 is 0 Å². The van der Waals surface area contributed by atoms with Crippen molar-refractivity contribution >= 4 is 27.5 Å². The number of nitrogens with zero attached hydrogens (tertiary/aromatic N) is 1. The highest BCUT2D eigenvalue weighted by Crippen LogP contribution is 2.22. The molecule has 22 heavy (non-hydrogen) atoms. The summed E-state index contributed by atoms with van der Waals surface area (Å²) in [7, 11) is 0.